The summed E-state index contributed by atoms with van der Waals surface area (Å²) in [5.74, 6) is -1.13. The van der Waals surface area contributed by atoms with E-state index in [-0.39, 0.29) is 5.56 Å². The van der Waals surface area contributed by atoms with Crippen molar-refractivity contribution in [3.8, 4) is 0 Å². The second kappa shape index (κ2) is 3.88. The predicted molar refractivity (Wildman–Crippen MR) is 69.4 cm³/mol. The Balaban J connectivity index is 2.48. The normalized spacial score (nSPS) is 11.2. The highest BCUT2D eigenvalue weighted by atomic mass is 16.4. The molecule has 0 fully saturated rings. The van der Waals surface area contributed by atoms with Gasteiger partial charge in [-0.3, -0.25) is 0 Å². The highest BCUT2D eigenvalue weighted by molar-refractivity contribution is 6.09. The fraction of sp³-hybridized carbons (Fsp3) is 0.133. The molecule has 0 aliphatic heterocycles. The van der Waals surface area contributed by atoms with Crippen molar-refractivity contribution in [1.29, 1.82) is 0 Å². The molecule has 0 spiro atoms. The van der Waals surface area contributed by atoms with E-state index in [1.54, 1.807) is 12.1 Å². The van der Waals surface area contributed by atoms with Crippen molar-refractivity contribution in [3.63, 3.8) is 0 Å². The van der Waals surface area contributed by atoms with Gasteiger partial charge in [-0.05, 0) is 30.7 Å². The summed E-state index contributed by atoms with van der Waals surface area (Å²) < 4.78 is 2.18. The number of carboxylic acids is 1. The van der Waals surface area contributed by atoms with Crippen LogP contribution in [0.25, 0.3) is 21.8 Å². The van der Waals surface area contributed by atoms with Gasteiger partial charge in [0.15, 0.2) is 0 Å². The number of hydrogen-bond donors (Lipinski definition) is 0. The first kappa shape index (κ1) is 10.8. The number of benzene rings is 2. The zero-order valence-electron chi connectivity index (χ0n) is 10.0. The molecule has 0 bridgehead atoms. The van der Waals surface area contributed by atoms with Gasteiger partial charge in [0.1, 0.15) is 0 Å². The van der Waals surface area contributed by atoms with Gasteiger partial charge in [-0.2, -0.15) is 0 Å². The van der Waals surface area contributed by atoms with Crippen molar-refractivity contribution >= 4 is 27.8 Å². The minimum absolute atomic E-state index is 0.224. The number of carboxylic acid groups (broad SMARTS) is 1. The van der Waals surface area contributed by atoms with Gasteiger partial charge in [0.25, 0.3) is 0 Å². The van der Waals surface area contributed by atoms with Gasteiger partial charge in [-0.1, -0.05) is 24.3 Å². The van der Waals surface area contributed by atoms with E-state index in [0.29, 0.717) is 0 Å². The molecule has 1 heterocycles. The maximum absolute atomic E-state index is 10.9. The van der Waals surface area contributed by atoms with Crippen molar-refractivity contribution in [2.24, 2.45) is 0 Å². The number of nitrogens with zero attached hydrogens (tertiary/aromatic N) is 1. The molecule has 0 atom stereocenters. The van der Waals surface area contributed by atoms with E-state index in [1.807, 2.05) is 24.3 Å². The Hall–Kier alpha value is -2.29. The Morgan fingerprint density at radius 1 is 1.11 bits per heavy atom. The zero-order chi connectivity index (χ0) is 12.7. The molecule has 3 aromatic rings. The standard InChI is InChI=1S/C15H13NO2/c1-2-16-13-6-4-3-5-11(13)12-9-10(15(17)18)7-8-14(12)16/h3-9H,2H2,1H3,(H,17,18)/p-1. The second-order valence-electron chi connectivity index (χ2n) is 4.28. The number of carbonyl (C=O) groups excluding carboxylic acids is 1. The van der Waals surface area contributed by atoms with Gasteiger partial charge in [0.05, 0.1) is 5.97 Å². The Bertz CT molecular complexity index is 756. The quantitative estimate of drug-likeness (QED) is 0.687. The minimum atomic E-state index is -1.13. The van der Waals surface area contributed by atoms with Crippen LogP contribution in [0.1, 0.15) is 17.3 Å². The first-order valence-corrected chi connectivity index (χ1v) is 5.94. The topological polar surface area (TPSA) is 45.1 Å². The Labute approximate surface area is 104 Å². The summed E-state index contributed by atoms with van der Waals surface area (Å²) in [6.07, 6.45) is 0. The molecular weight excluding hydrogens is 226 g/mol. The van der Waals surface area contributed by atoms with Crippen LogP contribution in [0.2, 0.25) is 0 Å². The Morgan fingerprint density at radius 3 is 2.56 bits per heavy atom. The van der Waals surface area contributed by atoms with Crippen LogP contribution in [0, 0.1) is 0 Å². The van der Waals surface area contributed by atoms with Crippen LogP contribution >= 0.6 is 0 Å². The molecule has 0 saturated carbocycles. The molecule has 0 aliphatic rings. The third-order valence-corrected chi connectivity index (χ3v) is 3.32. The number of aromatic nitrogens is 1. The number of para-hydroxylation sites is 1. The van der Waals surface area contributed by atoms with Crippen molar-refractivity contribution < 1.29 is 9.90 Å². The zero-order valence-corrected chi connectivity index (χ0v) is 10.0. The Kier molecular flexibility index (Phi) is 2.33. The molecule has 1 aromatic heterocycles. The molecule has 0 aliphatic carbocycles. The monoisotopic (exact) mass is 238 g/mol. The van der Waals surface area contributed by atoms with Gasteiger partial charge in [0, 0.05) is 28.4 Å². The number of carbonyl (C=O) groups is 1. The van der Waals surface area contributed by atoms with Crippen molar-refractivity contribution in [3.05, 3.63) is 48.0 Å². The average Bonchev–Trinajstić information content (AvgIpc) is 2.71. The maximum atomic E-state index is 10.9. The molecule has 3 nitrogen and oxygen atoms in total. The average molecular weight is 238 g/mol. The summed E-state index contributed by atoms with van der Waals surface area (Å²) >= 11 is 0. The lowest BCUT2D eigenvalue weighted by molar-refractivity contribution is -0.255. The lowest BCUT2D eigenvalue weighted by atomic mass is 10.1. The van der Waals surface area contributed by atoms with Crippen molar-refractivity contribution in [2.45, 2.75) is 13.5 Å². The summed E-state index contributed by atoms with van der Waals surface area (Å²) in [4.78, 5) is 10.9. The molecule has 2 aromatic carbocycles. The highest BCUT2D eigenvalue weighted by Crippen LogP contribution is 2.29. The summed E-state index contributed by atoms with van der Waals surface area (Å²) in [5, 5.41) is 13.0. The van der Waals surface area contributed by atoms with Crippen molar-refractivity contribution in [1.82, 2.24) is 4.57 Å². The van der Waals surface area contributed by atoms with E-state index in [4.69, 9.17) is 0 Å². The van der Waals surface area contributed by atoms with E-state index in [9.17, 15) is 9.90 Å². The number of aromatic carboxylic acids is 1. The first-order valence-electron chi connectivity index (χ1n) is 5.94. The van der Waals surface area contributed by atoms with E-state index in [1.165, 1.54) is 0 Å². The number of aryl methyl sites for hydroxylation is 1. The van der Waals surface area contributed by atoms with E-state index in [2.05, 4.69) is 17.6 Å². The molecule has 0 saturated heterocycles. The van der Waals surface area contributed by atoms with E-state index >= 15 is 0 Å². The molecule has 0 amide bonds. The number of rotatable bonds is 2. The minimum Gasteiger partial charge on any atom is -0.545 e. The SMILES string of the molecule is CCn1c2ccccc2c2cc(C(=O)[O-])ccc21. The maximum Gasteiger partial charge on any atom is 0.0715 e. The van der Waals surface area contributed by atoms with Crippen LogP contribution in [0.3, 0.4) is 0 Å². The fourth-order valence-electron chi connectivity index (χ4n) is 2.52. The lowest BCUT2D eigenvalue weighted by Crippen LogP contribution is -2.21. The molecule has 0 radical (unpaired) electrons. The van der Waals surface area contributed by atoms with Crippen LogP contribution in [0.15, 0.2) is 42.5 Å². The predicted octanol–water partition coefficient (Wildman–Crippen LogP) is 2.18. The summed E-state index contributed by atoms with van der Waals surface area (Å²) in [6.45, 7) is 2.94. The molecular formula is C15H12NO2-. The molecule has 90 valence electrons. The molecule has 0 unspecified atom stereocenters. The lowest BCUT2D eigenvalue weighted by Gasteiger charge is -2.04. The highest BCUT2D eigenvalue weighted by Gasteiger charge is 2.09. The Morgan fingerprint density at radius 2 is 1.83 bits per heavy atom. The third-order valence-electron chi connectivity index (χ3n) is 3.32. The van der Waals surface area contributed by atoms with Gasteiger partial charge >= 0.3 is 0 Å². The van der Waals surface area contributed by atoms with Crippen LogP contribution in [-0.2, 0) is 6.54 Å². The number of hydrogen-bond acceptors (Lipinski definition) is 2. The number of fused-ring (bicyclic) bond motifs is 3. The van der Waals surface area contributed by atoms with Crippen molar-refractivity contribution in [2.75, 3.05) is 0 Å². The summed E-state index contributed by atoms with van der Waals surface area (Å²) in [5.41, 5.74) is 2.41. The molecule has 18 heavy (non-hydrogen) atoms. The summed E-state index contributed by atoms with van der Waals surface area (Å²) in [7, 11) is 0. The molecule has 3 heteroatoms. The fourth-order valence-corrected chi connectivity index (χ4v) is 2.52. The summed E-state index contributed by atoms with van der Waals surface area (Å²) in [6, 6.07) is 13.2. The van der Waals surface area contributed by atoms with Crippen LogP contribution in [-0.4, -0.2) is 10.5 Å². The molecule has 3 rings (SSSR count). The van der Waals surface area contributed by atoms with Gasteiger partial charge in [0.2, 0.25) is 0 Å². The van der Waals surface area contributed by atoms with E-state index in [0.717, 1.165) is 28.4 Å². The first-order chi connectivity index (χ1) is 8.72. The van der Waals surface area contributed by atoms with Gasteiger partial charge in [-0.15, -0.1) is 0 Å². The third kappa shape index (κ3) is 1.40. The largest absolute Gasteiger partial charge is 0.545 e. The second-order valence-corrected chi connectivity index (χ2v) is 4.28. The van der Waals surface area contributed by atoms with Gasteiger partial charge in [-0.25, -0.2) is 0 Å². The molecule has 0 N–H and O–H groups in total. The smallest absolute Gasteiger partial charge is 0.0715 e. The van der Waals surface area contributed by atoms with Crippen LogP contribution in [0.5, 0.6) is 0 Å². The van der Waals surface area contributed by atoms with E-state index < -0.39 is 5.97 Å². The van der Waals surface area contributed by atoms with Crippen LogP contribution in [0.4, 0.5) is 0 Å². The van der Waals surface area contributed by atoms with Crippen LogP contribution < -0.4 is 5.11 Å². The van der Waals surface area contributed by atoms with Gasteiger partial charge < -0.3 is 14.5 Å².